The zero-order valence-electron chi connectivity index (χ0n) is 11.9. The Balaban J connectivity index is 1.55. The number of phenols is 1. The minimum absolute atomic E-state index is 0.234. The van der Waals surface area contributed by atoms with Crippen molar-refractivity contribution in [1.82, 2.24) is 4.90 Å². The fraction of sp³-hybridized carbons (Fsp3) is 0.353. The molecule has 1 fully saturated rings. The second kappa shape index (κ2) is 6.31. The van der Waals surface area contributed by atoms with Crippen LogP contribution in [0.1, 0.15) is 29.9 Å². The lowest BCUT2D eigenvalue weighted by Gasteiger charge is -2.32. The summed E-state index contributed by atoms with van der Waals surface area (Å²) in [6.07, 6.45) is 2.52. The highest BCUT2D eigenvalue weighted by Crippen LogP contribution is 2.29. The predicted octanol–water partition coefficient (Wildman–Crippen LogP) is 3.40. The lowest BCUT2D eigenvalue weighted by atomic mass is 9.89. The minimum atomic E-state index is 0.234. The predicted molar refractivity (Wildman–Crippen MR) is 84.7 cm³/mol. The van der Waals surface area contributed by atoms with Crippen LogP contribution in [-0.4, -0.2) is 29.0 Å². The van der Waals surface area contributed by atoms with E-state index in [-0.39, 0.29) is 5.91 Å². The maximum Gasteiger partial charge on any atom is 0.227 e. The smallest absolute Gasteiger partial charge is 0.227 e. The first-order chi connectivity index (χ1) is 10.2. The minimum Gasteiger partial charge on any atom is -0.508 e. The van der Waals surface area contributed by atoms with Crippen molar-refractivity contribution in [3.05, 3.63) is 52.2 Å². The molecule has 0 atom stereocenters. The molecule has 1 aliphatic heterocycles. The number of aromatic hydroxyl groups is 1. The van der Waals surface area contributed by atoms with E-state index in [9.17, 15) is 9.90 Å². The molecule has 0 saturated carbocycles. The molecule has 3 rings (SSSR count). The number of carbonyl (C=O) groups is 1. The van der Waals surface area contributed by atoms with Gasteiger partial charge in [0.1, 0.15) is 5.75 Å². The third-order valence-electron chi connectivity index (χ3n) is 4.15. The van der Waals surface area contributed by atoms with Crippen LogP contribution in [0.4, 0.5) is 0 Å². The van der Waals surface area contributed by atoms with Gasteiger partial charge in [-0.1, -0.05) is 12.1 Å². The fourth-order valence-electron chi connectivity index (χ4n) is 2.89. The highest BCUT2D eigenvalue weighted by molar-refractivity contribution is 7.07. The highest BCUT2D eigenvalue weighted by atomic mass is 32.1. The molecule has 4 heteroatoms. The average molecular weight is 301 g/mol. The molecule has 1 saturated heterocycles. The number of likely N-dealkylation sites (tertiary alicyclic amines) is 1. The normalized spacial score (nSPS) is 16.1. The molecule has 1 aliphatic rings. The van der Waals surface area contributed by atoms with E-state index < -0.39 is 0 Å². The summed E-state index contributed by atoms with van der Waals surface area (Å²) in [5, 5.41) is 13.4. The van der Waals surface area contributed by atoms with Crippen molar-refractivity contribution in [2.45, 2.75) is 25.2 Å². The maximum absolute atomic E-state index is 12.3. The summed E-state index contributed by atoms with van der Waals surface area (Å²) in [4.78, 5) is 14.2. The number of nitrogens with zero attached hydrogens (tertiary/aromatic N) is 1. The van der Waals surface area contributed by atoms with Crippen molar-refractivity contribution in [3.63, 3.8) is 0 Å². The summed E-state index contributed by atoms with van der Waals surface area (Å²) in [7, 11) is 0. The van der Waals surface area contributed by atoms with Crippen LogP contribution < -0.4 is 0 Å². The fourth-order valence-corrected chi connectivity index (χ4v) is 3.56. The standard InChI is InChI=1S/C17H19NO2S/c19-16-3-1-14(2-4-16)15-5-8-18(9-6-15)17(20)11-13-7-10-21-12-13/h1-4,7,10,12,15,19H,5-6,8-9,11H2. The van der Waals surface area contributed by atoms with Gasteiger partial charge >= 0.3 is 0 Å². The quantitative estimate of drug-likeness (QED) is 0.944. The number of phenolic OH excluding ortho intramolecular Hbond substituents is 1. The third-order valence-corrected chi connectivity index (χ3v) is 4.88. The second-order valence-corrected chi connectivity index (χ2v) is 6.34. The van der Waals surface area contributed by atoms with Gasteiger partial charge in [0.15, 0.2) is 0 Å². The third kappa shape index (κ3) is 3.45. The second-order valence-electron chi connectivity index (χ2n) is 5.55. The van der Waals surface area contributed by atoms with E-state index in [1.54, 1.807) is 23.5 Å². The Morgan fingerprint density at radius 1 is 1.19 bits per heavy atom. The Morgan fingerprint density at radius 3 is 2.52 bits per heavy atom. The summed E-state index contributed by atoms with van der Waals surface area (Å²) in [6, 6.07) is 9.48. The van der Waals surface area contributed by atoms with Crippen LogP contribution in [0.5, 0.6) is 5.75 Å². The van der Waals surface area contributed by atoms with E-state index in [1.807, 2.05) is 33.9 Å². The Kier molecular flexibility index (Phi) is 4.25. The van der Waals surface area contributed by atoms with E-state index in [0.29, 0.717) is 18.1 Å². The van der Waals surface area contributed by atoms with Crippen LogP contribution >= 0.6 is 11.3 Å². The summed E-state index contributed by atoms with van der Waals surface area (Å²) >= 11 is 1.64. The number of hydrogen-bond donors (Lipinski definition) is 1. The molecule has 2 aromatic rings. The van der Waals surface area contributed by atoms with Gasteiger partial charge in [0.05, 0.1) is 6.42 Å². The van der Waals surface area contributed by atoms with Gasteiger partial charge in [-0.15, -0.1) is 0 Å². The number of hydrogen-bond acceptors (Lipinski definition) is 3. The Labute approximate surface area is 128 Å². The molecule has 110 valence electrons. The molecule has 2 heterocycles. The van der Waals surface area contributed by atoms with E-state index in [1.165, 1.54) is 5.56 Å². The number of carbonyl (C=O) groups excluding carboxylic acids is 1. The topological polar surface area (TPSA) is 40.5 Å². The number of rotatable bonds is 3. The Hall–Kier alpha value is -1.81. The van der Waals surface area contributed by atoms with Crippen LogP contribution in [0.15, 0.2) is 41.1 Å². The molecule has 0 aliphatic carbocycles. The van der Waals surface area contributed by atoms with Crippen molar-refractivity contribution >= 4 is 17.2 Å². The van der Waals surface area contributed by atoms with Crippen molar-refractivity contribution in [2.24, 2.45) is 0 Å². The number of thiophene rings is 1. The lowest BCUT2D eigenvalue weighted by Crippen LogP contribution is -2.38. The number of piperidine rings is 1. The summed E-state index contributed by atoms with van der Waals surface area (Å²) < 4.78 is 0. The van der Waals surface area contributed by atoms with Crippen LogP contribution in [-0.2, 0) is 11.2 Å². The molecule has 1 amide bonds. The number of amides is 1. The van der Waals surface area contributed by atoms with Crippen molar-refractivity contribution in [1.29, 1.82) is 0 Å². The van der Waals surface area contributed by atoms with Gasteiger partial charge in [0.2, 0.25) is 5.91 Å². The van der Waals surface area contributed by atoms with Gasteiger partial charge in [0, 0.05) is 13.1 Å². The Morgan fingerprint density at radius 2 is 1.90 bits per heavy atom. The van der Waals surface area contributed by atoms with Crippen LogP contribution in [0.3, 0.4) is 0 Å². The van der Waals surface area contributed by atoms with Gasteiger partial charge in [-0.3, -0.25) is 4.79 Å². The van der Waals surface area contributed by atoms with E-state index in [0.717, 1.165) is 31.5 Å². The average Bonchev–Trinajstić information content (AvgIpc) is 3.01. The molecule has 3 nitrogen and oxygen atoms in total. The molecule has 0 unspecified atom stereocenters. The first-order valence-electron chi connectivity index (χ1n) is 7.30. The molecule has 1 N–H and O–H groups in total. The first-order valence-corrected chi connectivity index (χ1v) is 8.24. The van der Waals surface area contributed by atoms with Gasteiger partial charge in [-0.2, -0.15) is 11.3 Å². The summed E-state index contributed by atoms with van der Waals surface area (Å²) in [5.41, 5.74) is 2.38. The molecule has 0 bridgehead atoms. The zero-order valence-corrected chi connectivity index (χ0v) is 12.7. The maximum atomic E-state index is 12.3. The van der Waals surface area contributed by atoms with Crippen molar-refractivity contribution in [2.75, 3.05) is 13.1 Å². The lowest BCUT2D eigenvalue weighted by molar-refractivity contribution is -0.131. The van der Waals surface area contributed by atoms with E-state index in [2.05, 4.69) is 0 Å². The van der Waals surface area contributed by atoms with Gasteiger partial charge in [0.25, 0.3) is 0 Å². The summed E-state index contributed by atoms with van der Waals surface area (Å²) in [5.74, 6) is 1.04. The van der Waals surface area contributed by atoms with Crippen LogP contribution in [0, 0.1) is 0 Å². The van der Waals surface area contributed by atoms with Crippen LogP contribution in [0.2, 0.25) is 0 Å². The Bertz CT molecular complexity index is 584. The van der Waals surface area contributed by atoms with E-state index in [4.69, 9.17) is 0 Å². The summed E-state index contributed by atoms with van der Waals surface area (Å²) in [6.45, 7) is 1.66. The largest absolute Gasteiger partial charge is 0.508 e. The number of benzene rings is 1. The first kappa shape index (κ1) is 14.1. The molecular weight excluding hydrogens is 282 g/mol. The molecule has 1 aromatic heterocycles. The molecule has 0 radical (unpaired) electrons. The molecule has 21 heavy (non-hydrogen) atoms. The van der Waals surface area contributed by atoms with Gasteiger partial charge in [-0.05, 0) is 58.8 Å². The van der Waals surface area contributed by atoms with Crippen molar-refractivity contribution < 1.29 is 9.90 Å². The molecular formula is C17H19NO2S. The molecule has 1 aromatic carbocycles. The van der Waals surface area contributed by atoms with E-state index >= 15 is 0 Å². The zero-order chi connectivity index (χ0) is 14.7. The van der Waals surface area contributed by atoms with Crippen molar-refractivity contribution in [3.8, 4) is 5.75 Å². The monoisotopic (exact) mass is 301 g/mol. The van der Waals surface area contributed by atoms with Crippen LogP contribution in [0.25, 0.3) is 0 Å². The molecule has 0 spiro atoms. The van der Waals surface area contributed by atoms with Gasteiger partial charge in [-0.25, -0.2) is 0 Å². The highest BCUT2D eigenvalue weighted by Gasteiger charge is 2.23. The van der Waals surface area contributed by atoms with Gasteiger partial charge < -0.3 is 10.0 Å². The SMILES string of the molecule is O=C(Cc1ccsc1)N1CCC(c2ccc(O)cc2)CC1.